The van der Waals surface area contributed by atoms with Crippen molar-refractivity contribution in [2.45, 2.75) is 12.5 Å². The number of hydrazine groups is 1. The van der Waals surface area contributed by atoms with E-state index in [0.29, 0.717) is 19.5 Å². The van der Waals surface area contributed by atoms with Crippen LogP contribution in [0, 0.1) is 5.92 Å². The first-order chi connectivity index (χ1) is 11.2. The third-order valence-corrected chi connectivity index (χ3v) is 4.71. The molecule has 7 heteroatoms. The number of hydrogen-bond donors (Lipinski definition) is 0. The number of fused-ring (bicyclic) bond motifs is 1. The molecule has 4 rings (SSSR count). The van der Waals surface area contributed by atoms with E-state index in [1.807, 2.05) is 35.3 Å². The molecule has 0 spiro atoms. The second kappa shape index (κ2) is 5.34. The van der Waals surface area contributed by atoms with Gasteiger partial charge in [-0.05, 0) is 5.56 Å². The molecule has 0 N–H and O–H groups in total. The van der Waals surface area contributed by atoms with Gasteiger partial charge in [0.05, 0.1) is 25.0 Å². The van der Waals surface area contributed by atoms with Crippen molar-refractivity contribution in [3.8, 4) is 0 Å². The van der Waals surface area contributed by atoms with E-state index in [2.05, 4.69) is 0 Å². The molecule has 0 saturated carbocycles. The van der Waals surface area contributed by atoms with Gasteiger partial charge in [-0.1, -0.05) is 30.3 Å². The summed E-state index contributed by atoms with van der Waals surface area (Å²) in [7, 11) is 0. The Morgan fingerprint density at radius 3 is 2.61 bits per heavy atom. The van der Waals surface area contributed by atoms with Crippen molar-refractivity contribution in [1.82, 2.24) is 14.9 Å². The van der Waals surface area contributed by atoms with Gasteiger partial charge < -0.3 is 4.74 Å². The third kappa shape index (κ3) is 2.19. The molecule has 0 bridgehead atoms. The predicted molar refractivity (Wildman–Crippen MR) is 78.8 cm³/mol. The SMILES string of the molecule is O=C1OCCN1C(=O)[C@@H]1CN2C(=O)CCN2[C@@H]1c1ccccc1. The monoisotopic (exact) mass is 315 g/mol. The highest BCUT2D eigenvalue weighted by molar-refractivity contribution is 5.95. The number of ether oxygens (including phenoxy) is 1. The lowest BCUT2D eigenvalue weighted by atomic mass is 9.92. The van der Waals surface area contributed by atoms with Crippen LogP contribution >= 0.6 is 0 Å². The highest BCUT2D eigenvalue weighted by Gasteiger charge is 2.51. The smallest absolute Gasteiger partial charge is 0.416 e. The molecule has 2 atom stereocenters. The van der Waals surface area contributed by atoms with Crippen molar-refractivity contribution in [3.05, 3.63) is 35.9 Å². The van der Waals surface area contributed by atoms with E-state index in [1.54, 1.807) is 5.01 Å². The van der Waals surface area contributed by atoms with Crippen LogP contribution in [0.1, 0.15) is 18.0 Å². The number of imide groups is 1. The maximum atomic E-state index is 12.8. The lowest BCUT2D eigenvalue weighted by Gasteiger charge is -2.27. The Morgan fingerprint density at radius 1 is 1.13 bits per heavy atom. The number of hydrogen-bond acceptors (Lipinski definition) is 5. The van der Waals surface area contributed by atoms with Gasteiger partial charge in [-0.25, -0.2) is 14.7 Å². The minimum absolute atomic E-state index is 0.0326. The molecule has 3 amide bonds. The van der Waals surface area contributed by atoms with Gasteiger partial charge in [0.2, 0.25) is 11.8 Å². The van der Waals surface area contributed by atoms with Crippen LogP contribution < -0.4 is 0 Å². The topological polar surface area (TPSA) is 70.2 Å². The van der Waals surface area contributed by atoms with Crippen molar-refractivity contribution < 1.29 is 19.1 Å². The lowest BCUT2D eigenvalue weighted by Crippen LogP contribution is -2.40. The molecule has 3 heterocycles. The Balaban J connectivity index is 1.68. The Kier molecular flexibility index (Phi) is 3.30. The maximum Gasteiger partial charge on any atom is 0.416 e. The summed E-state index contributed by atoms with van der Waals surface area (Å²) < 4.78 is 4.87. The van der Waals surface area contributed by atoms with E-state index >= 15 is 0 Å². The summed E-state index contributed by atoms with van der Waals surface area (Å²) in [5.74, 6) is -0.680. The zero-order valence-electron chi connectivity index (χ0n) is 12.6. The molecule has 3 saturated heterocycles. The first-order valence-corrected chi connectivity index (χ1v) is 7.77. The largest absolute Gasteiger partial charge is 0.447 e. The summed E-state index contributed by atoms with van der Waals surface area (Å²) in [6, 6.07) is 9.45. The number of nitrogens with zero attached hydrogens (tertiary/aromatic N) is 3. The zero-order valence-corrected chi connectivity index (χ0v) is 12.6. The van der Waals surface area contributed by atoms with Crippen molar-refractivity contribution in [2.75, 3.05) is 26.2 Å². The molecule has 3 aliphatic rings. The summed E-state index contributed by atoms with van der Waals surface area (Å²) >= 11 is 0. The van der Waals surface area contributed by atoms with Crippen LogP contribution in [0.3, 0.4) is 0 Å². The molecule has 23 heavy (non-hydrogen) atoms. The summed E-state index contributed by atoms with van der Waals surface area (Å²) in [5, 5.41) is 3.61. The van der Waals surface area contributed by atoms with E-state index < -0.39 is 12.0 Å². The maximum absolute atomic E-state index is 12.8. The van der Waals surface area contributed by atoms with Gasteiger partial charge in [-0.2, -0.15) is 0 Å². The highest BCUT2D eigenvalue weighted by Crippen LogP contribution is 2.41. The van der Waals surface area contributed by atoms with Crippen LogP contribution in [0.5, 0.6) is 0 Å². The lowest BCUT2D eigenvalue weighted by molar-refractivity contribution is -0.135. The average Bonchev–Trinajstić information content (AvgIpc) is 3.24. The van der Waals surface area contributed by atoms with Gasteiger partial charge in [0, 0.05) is 13.0 Å². The first kappa shape index (κ1) is 14.2. The fourth-order valence-electron chi connectivity index (χ4n) is 3.65. The summed E-state index contributed by atoms with van der Waals surface area (Å²) in [5.41, 5.74) is 0.982. The van der Waals surface area contributed by atoms with E-state index in [4.69, 9.17) is 4.74 Å². The molecule has 7 nitrogen and oxygen atoms in total. The number of cyclic esters (lactones) is 1. The van der Waals surface area contributed by atoms with Gasteiger partial charge in [0.25, 0.3) is 0 Å². The average molecular weight is 315 g/mol. The molecule has 0 unspecified atom stereocenters. The van der Waals surface area contributed by atoms with Crippen molar-refractivity contribution >= 4 is 17.9 Å². The van der Waals surface area contributed by atoms with Crippen LogP contribution in [0.15, 0.2) is 30.3 Å². The van der Waals surface area contributed by atoms with E-state index in [9.17, 15) is 14.4 Å². The second-order valence-corrected chi connectivity index (χ2v) is 5.96. The Bertz CT molecular complexity index is 663. The Labute approximate surface area is 133 Å². The van der Waals surface area contributed by atoms with Gasteiger partial charge in [0.1, 0.15) is 6.61 Å². The van der Waals surface area contributed by atoms with Crippen LogP contribution in [-0.4, -0.2) is 59.1 Å². The van der Waals surface area contributed by atoms with Crippen LogP contribution in [-0.2, 0) is 14.3 Å². The van der Waals surface area contributed by atoms with Crippen LogP contribution in [0.4, 0.5) is 4.79 Å². The Morgan fingerprint density at radius 2 is 1.91 bits per heavy atom. The molecule has 0 aromatic heterocycles. The zero-order chi connectivity index (χ0) is 16.0. The number of carbonyl (C=O) groups is 3. The molecule has 3 aliphatic heterocycles. The fraction of sp³-hybridized carbons (Fsp3) is 0.438. The van der Waals surface area contributed by atoms with Crippen molar-refractivity contribution in [3.63, 3.8) is 0 Å². The number of carbonyl (C=O) groups excluding carboxylic acids is 3. The molecule has 3 fully saturated rings. The minimum atomic E-state index is -0.588. The molecule has 0 aliphatic carbocycles. The summed E-state index contributed by atoms with van der Waals surface area (Å²) in [4.78, 5) is 37.8. The Hall–Kier alpha value is -2.41. The van der Waals surface area contributed by atoms with Crippen LogP contribution in [0.2, 0.25) is 0 Å². The van der Waals surface area contributed by atoms with E-state index in [0.717, 1.165) is 10.5 Å². The standard InChI is InChI=1S/C16H17N3O4/c20-13-6-7-18-14(11-4-2-1-3-5-11)12(10-19(13)18)15(21)17-8-9-23-16(17)22/h1-5,12,14H,6-10H2/t12-,14-/m1/s1. The molecular weight excluding hydrogens is 298 g/mol. The van der Waals surface area contributed by atoms with E-state index in [1.165, 1.54) is 0 Å². The molecule has 1 aromatic carbocycles. The number of amides is 3. The van der Waals surface area contributed by atoms with Crippen molar-refractivity contribution in [2.24, 2.45) is 5.92 Å². The van der Waals surface area contributed by atoms with Gasteiger partial charge in [-0.15, -0.1) is 0 Å². The highest BCUT2D eigenvalue weighted by atomic mass is 16.6. The van der Waals surface area contributed by atoms with Gasteiger partial charge in [0.15, 0.2) is 0 Å². The third-order valence-electron chi connectivity index (χ3n) is 4.71. The van der Waals surface area contributed by atoms with Gasteiger partial charge in [-0.3, -0.25) is 14.6 Å². The first-order valence-electron chi connectivity index (χ1n) is 7.77. The predicted octanol–water partition coefficient (Wildman–Crippen LogP) is 0.786. The molecule has 1 aromatic rings. The number of rotatable bonds is 2. The second-order valence-electron chi connectivity index (χ2n) is 5.96. The van der Waals surface area contributed by atoms with E-state index in [-0.39, 0.29) is 31.0 Å². The van der Waals surface area contributed by atoms with Gasteiger partial charge >= 0.3 is 6.09 Å². The summed E-state index contributed by atoms with van der Waals surface area (Å²) in [6.45, 7) is 1.44. The summed E-state index contributed by atoms with van der Waals surface area (Å²) in [6.07, 6.45) is -0.120. The van der Waals surface area contributed by atoms with Crippen LogP contribution in [0.25, 0.3) is 0 Å². The normalized spacial score (nSPS) is 27.5. The number of benzene rings is 1. The molecule has 120 valence electrons. The quantitative estimate of drug-likeness (QED) is 0.807. The molecular formula is C16H17N3O4. The molecule has 0 radical (unpaired) electrons. The minimum Gasteiger partial charge on any atom is -0.447 e. The van der Waals surface area contributed by atoms with Crippen molar-refractivity contribution in [1.29, 1.82) is 0 Å². The fourth-order valence-corrected chi connectivity index (χ4v) is 3.65.